The standard InChI is InChI=1S/C22H22O9/c1-9-18(26)19(27)20(28)22(30-9)17-15(29-2)8-13(25)16-12(24)7-14(31-21(16)17)10-3-5-11(23)6-4-10/h3-9,18-20,22-23,25-28H,1-2H3/t9-,18-,19-,20+,22-/m0/s1. The van der Waals surface area contributed by atoms with Crippen LogP contribution in [0.3, 0.4) is 0 Å². The second-order valence-corrected chi connectivity index (χ2v) is 7.47. The molecule has 1 aliphatic heterocycles. The molecule has 1 aliphatic rings. The van der Waals surface area contributed by atoms with E-state index in [0.717, 1.165) is 0 Å². The molecule has 9 nitrogen and oxygen atoms in total. The summed E-state index contributed by atoms with van der Waals surface area (Å²) in [5.74, 6) is -0.145. The Labute approximate surface area is 176 Å². The van der Waals surface area contributed by atoms with Crippen molar-refractivity contribution in [1.29, 1.82) is 0 Å². The Balaban J connectivity index is 2.00. The van der Waals surface area contributed by atoms with Crippen LogP contribution in [-0.4, -0.2) is 57.1 Å². The Morgan fingerprint density at radius 1 is 0.968 bits per heavy atom. The highest BCUT2D eigenvalue weighted by Gasteiger charge is 2.44. The van der Waals surface area contributed by atoms with Crippen molar-refractivity contribution in [1.82, 2.24) is 0 Å². The molecule has 0 aliphatic carbocycles. The van der Waals surface area contributed by atoms with Gasteiger partial charge in [0.2, 0.25) is 0 Å². The summed E-state index contributed by atoms with van der Waals surface area (Å²) in [6, 6.07) is 8.35. The number of aliphatic hydroxyl groups is 3. The van der Waals surface area contributed by atoms with Crippen LogP contribution in [0.25, 0.3) is 22.3 Å². The number of aromatic hydroxyl groups is 2. The van der Waals surface area contributed by atoms with Crippen molar-refractivity contribution in [3.8, 4) is 28.6 Å². The van der Waals surface area contributed by atoms with Crippen LogP contribution in [0.4, 0.5) is 0 Å². The zero-order valence-corrected chi connectivity index (χ0v) is 16.7. The van der Waals surface area contributed by atoms with Gasteiger partial charge in [0.1, 0.15) is 52.8 Å². The van der Waals surface area contributed by atoms with Gasteiger partial charge in [-0.1, -0.05) is 0 Å². The zero-order chi connectivity index (χ0) is 22.4. The van der Waals surface area contributed by atoms with E-state index in [9.17, 15) is 30.3 Å². The molecule has 1 saturated heterocycles. The predicted octanol–water partition coefficient (Wildman–Crippen LogP) is 1.42. The van der Waals surface area contributed by atoms with Gasteiger partial charge in [-0.25, -0.2) is 0 Å². The van der Waals surface area contributed by atoms with Gasteiger partial charge in [0.15, 0.2) is 11.0 Å². The third kappa shape index (κ3) is 3.51. The lowest BCUT2D eigenvalue weighted by Crippen LogP contribution is -2.53. The first-order chi connectivity index (χ1) is 14.7. The first-order valence-corrected chi connectivity index (χ1v) is 9.59. The summed E-state index contributed by atoms with van der Waals surface area (Å²) in [5.41, 5.74) is -0.0470. The summed E-state index contributed by atoms with van der Waals surface area (Å²) in [6.07, 6.45) is -6.46. The number of phenols is 2. The van der Waals surface area contributed by atoms with E-state index < -0.39 is 35.9 Å². The van der Waals surface area contributed by atoms with Crippen LogP contribution in [-0.2, 0) is 4.74 Å². The van der Waals surface area contributed by atoms with Crippen LogP contribution in [0.15, 0.2) is 45.6 Å². The monoisotopic (exact) mass is 430 g/mol. The minimum Gasteiger partial charge on any atom is -0.508 e. The zero-order valence-electron chi connectivity index (χ0n) is 16.7. The molecule has 0 saturated carbocycles. The number of benzene rings is 2. The topological polar surface area (TPSA) is 150 Å². The van der Waals surface area contributed by atoms with E-state index in [4.69, 9.17) is 13.9 Å². The maximum Gasteiger partial charge on any atom is 0.197 e. The van der Waals surface area contributed by atoms with Gasteiger partial charge in [-0.15, -0.1) is 0 Å². The van der Waals surface area contributed by atoms with Gasteiger partial charge in [0.05, 0.1) is 18.8 Å². The highest BCUT2D eigenvalue weighted by molar-refractivity contribution is 5.89. The van der Waals surface area contributed by atoms with E-state index in [2.05, 4.69) is 0 Å². The Hall–Kier alpha value is -3.11. The summed E-state index contributed by atoms with van der Waals surface area (Å²) < 4.78 is 17.1. The predicted molar refractivity (Wildman–Crippen MR) is 109 cm³/mol. The third-order valence-corrected chi connectivity index (χ3v) is 5.49. The summed E-state index contributed by atoms with van der Waals surface area (Å²) in [7, 11) is 1.33. The molecule has 9 heteroatoms. The maximum absolute atomic E-state index is 12.9. The van der Waals surface area contributed by atoms with Crippen LogP contribution >= 0.6 is 0 Å². The molecule has 0 unspecified atom stereocenters. The summed E-state index contributed by atoms with van der Waals surface area (Å²) >= 11 is 0. The fraction of sp³-hybridized carbons (Fsp3) is 0.318. The fourth-order valence-corrected chi connectivity index (χ4v) is 3.81. The second kappa shape index (κ2) is 7.86. The van der Waals surface area contributed by atoms with Crippen LogP contribution in [0.1, 0.15) is 18.6 Å². The van der Waals surface area contributed by atoms with Gasteiger partial charge in [0, 0.05) is 17.7 Å². The first kappa shape index (κ1) is 21.1. The number of fused-ring (bicyclic) bond motifs is 1. The van der Waals surface area contributed by atoms with E-state index in [0.29, 0.717) is 5.56 Å². The van der Waals surface area contributed by atoms with Gasteiger partial charge in [-0.05, 0) is 31.2 Å². The molecule has 2 heterocycles. The lowest BCUT2D eigenvalue weighted by atomic mass is 9.90. The quantitative estimate of drug-likeness (QED) is 0.416. The smallest absolute Gasteiger partial charge is 0.197 e. The molecule has 5 atom stereocenters. The molecular formula is C22H22O9. The lowest BCUT2D eigenvalue weighted by Gasteiger charge is -2.39. The Bertz CT molecular complexity index is 1170. The van der Waals surface area contributed by atoms with E-state index in [1.807, 2.05) is 0 Å². The summed E-state index contributed by atoms with van der Waals surface area (Å²) in [4.78, 5) is 12.9. The van der Waals surface area contributed by atoms with Gasteiger partial charge in [-0.3, -0.25) is 4.79 Å². The Morgan fingerprint density at radius 2 is 1.65 bits per heavy atom. The molecule has 0 amide bonds. The van der Waals surface area contributed by atoms with Crippen LogP contribution in [0, 0.1) is 0 Å². The number of hydrogen-bond donors (Lipinski definition) is 5. The van der Waals surface area contributed by atoms with Crippen molar-refractivity contribution in [3.63, 3.8) is 0 Å². The van der Waals surface area contributed by atoms with Crippen LogP contribution in [0.5, 0.6) is 17.2 Å². The number of rotatable bonds is 3. The number of phenolic OH excluding ortho intramolecular Hbond substituents is 2. The molecule has 1 aromatic heterocycles. The third-order valence-electron chi connectivity index (χ3n) is 5.49. The molecule has 2 aromatic carbocycles. The molecule has 0 spiro atoms. The molecule has 164 valence electrons. The molecular weight excluding hydrogens is 408 g/mol. The highest BCUT2D eigenvalue weighted by Crippen LogP contribution is 2.44. The SMILES string of the molecule is COc1cc(O)c2c(=O)cc(-c3ccc(O)cc3)oc2c1[C@@H]1O[C@@H](C)[C@H](O)[C@H](O)[C@H]1O. The minimum absolute atomic E-state index is 0.0344. The molecule has 3 aromatic rings. The van der Waals surface area contributed by atoms with Crippen LogP contribution in [0.2, 0.25) is 0 Å². The van der Waals surface area contributed by atoms with Crippen molar-refractivity contribution >= 4 is 11.0 Å². The Morgan fingerprint density at radius 3 is 2.29 bits per heavy atom. The molecule has 1 fully saturated rings. The van der Waals surface area contributed by atoms with E-state index >= 15 is 0 Å². The number of aliphatic hydroxyl groups excluding tert-OH is 3. The van der Waals surface area contributed by atoms with E-state index in [-0.39, 0.29) is 39.5 Å². The number of hydrogen-bond acceptors (Lipinski definition) is 9. The summed E-state index contributed by atoms with van der Waals surface area (Å²) in [6.45, 7) is 1.53. The fourth-order valence-electron chi connectivity index (χ4n) is 3.81. The van der Waals surface area contributed by atoms with E-state index in [1.54, 1.807) is 12.1 Å². The average molecular weight is 430 g/mol. The van der Waals surface area contributed by atoms with Crippen molar-refractivity contribution in [2.45, 2.75) is 37.4 Å². The lowest BCUT2D eigenvalue weighted by molar-refractivity contribution is -0.219. The van der Waals surface area contributed by atoms with Crippen molar-refractivity contribution in [2.24, 2.45) is 0 Å². The van der Waals surface area contributed by atoms with Gasteiger partial charge >= 0.3 is 0 Å². The Kier molecular flexibility index (Phi) is 5.36. The van der Waals surface area contributed by atoms with Crippen molar-refractivity contribution in [3.05, 3.63) is 52.2 Å². The van der Waals surface area contributed by atoms with Crippen molar-refractivity contribution in [2.75, 3.05) is 7.11 Å². The second-order valence-electron chi connectivity index (χ2n) is 7.47. The molecule has 0 bridgehead atoms. The van der Waals surface area contributed by atoms with Gasteiger partial charge in [0.25, 0.3) is 0 Å². The number of ether oxygens (including phenoxy) is 2. The maximum atomic E-state index is 12.9. The number of methoxy groups -OCH3 is 1. The van der Waals surface area contributed by atoms with Gasteiger partial charge < -0.3 is 39.4 Å². The normalized spacial score (nSPS) is 26.2. The summed E-state index contributed by atoms with van der Waals surface area (Å²) in [5, 5.41) is 50.7. The molecule has 31 heavy (non-hydrogen) atoms. The largest absolute Gasteiger partial charge is 0.508 e. The minimum atomic E-state index is -1.56. The molecule has 4 rings (SSSR count). The molecule has 0 radical (unpaired) electrons. The molecule has 5 N–H and O–H groups in total. The average Bonchev–Trinajstić information content (AvgIpc) is 2.75. The highest BCUT2D eigenvalue weighted by atomic mass is 16.5. The van der Waals surface area contributed by atoms with Crippen molar-refractivity contribution < 1.29 is 39.4 Å². The first-order valence-electron chi connectivity index (χ1n) is 9.59. The van der Waals surface area contributed by atoms with E-state index in [1.165, 1.54) is 38.3 Å². The van der Waals surface area contributed by atoms with Crippen LogP contribution < -0.4 is 10.2 Å². The van der Waals surface area contributed by atoms with Gasteiger partial charge in [-0.2, -0.15) is 0 Å².